The van der Waals surface area contributed by atoms with Gasteiger partial charge in [0.1, 0.15) is 0 Å². The predicted octanol–water partition coefficient (Wildman–Crippen LogP) is 3.76. The van der Waals surface area contributed by atoms with E-state index in [0.29, 0.717) is 23.5 Å². The number of rotatable bonds is 4. The molecule has 0 bridgehead atoms. The summed E-state index contributed by atoms with van der Waals surface area (Å²) in [5, 5.41) is 2.95. The van der Waals surface area contributed by atoms with Crippen LogP contribution in [0.4, 0.5) is 11.4 Å². The van der Waals surface area contributed by atoms with E-state index in [1.54, 1.807) is 12.1 Å². The Morgan fingerprint density at radius 1 is 0.880 bits per heavy atom. The second-order valence-electron chi connectivity index (χ2n) is 6.09. The Morgan fingerprint density at radius 2 is 1.60 bits per heavy atom. The molecule has 0 atom stereocenters. The Balaban J connectivity index is 1.75. The van der Waals surface area contributed by atoms with Gasteiger partial charge in [-0.3, -0.25) is 4.79 Å². The van der Waals surface area contributed by atoms with Crippen LogP contribution in [0.1, 0.15) is 21.5 Å². The second kappa shape index (κ2) is 7.09. The van der Waals surface area contributed by atoms with Crippen LogP contribution in [-0.2, 0) is 6.54 Å². The number of benzene rings is 3. The van der Waals surface area contributed by atoms with Crippen molar-refractivity contribution in [3.05, 3.63) is 83.4 Å². The molecule has 0 aliphatic carbocycles. The van der Waals surface area contributed by atoms with E-state index in [2.05, 4.69) is 5.32 Å². The van der Waals surface area contributed by atoms with Crippen molar-refractivity contribution in [2.75, 3.05) is 11.5 Å². The van der Waals surface area contributed by atoms with Gasteiger partial charge in [-0.15, -0.1) is 0 Å². The lowest BCUT2D eigenvalue weighted by atomic mass is 10.0. The number of nitrogen functional groups attached to an aromatic ring is 2. The van der Waals surface area contributed by atoms with Gasteiger partial charge in [-0.05, 0) is 47.9 Å². The van der Waals surface area contributed by atoms with E-state index in [-0.39, 0.29) is 5.91 Å². The van der Waals surface area contributed by atoms with Crippen LogP contribution in [0.25, 0.3) is 11.1 Å². The predicted molar refractivity (Wildman–Crippen MR) is 103 cm³/mol. The molecule has 0 unspecified atom stereocenters. The Hall–Kier alpha value is -3.27. The molecule has 3 rings (SSSR count). The fourth-order valence-corrected chi connectivity index (χ4v) is 2.58. The van der Waals surface area contributed by atoms with Gasteiger partial charge in [-0.2, -0.15) is 0 Å². The van der Waals surface area contributed by atoms with Crippen molar-refractivity contribution in [2.24, 2.45) is 0 Å². The molecule has 0 saturated carbocycles. The Labute approximate surface area is 147 Å². The van der Waals surface area contributed by atoms with Gasteiger partial charge in [-0.25, -0.2) is 0 Å². The monoisotopic (exact) mass is 331 g/mol. The summed E-state index contributed by atoms with van der Waals surface area (Å²) in [5.41, 5.74) is 17.5. The van der Waals surface area contributed by atoms with Crippen molar-refractivity contribution in [1.29, 1.82) is 0 Å². The molecule has 126 valence electrons. The SMILES string of the molecule is Cc1ccc(CNC(=O)c2cccc(-c3ccc(N)c(N)c3)c2)cc1. The zero-order chi connectivity index (χ0) is 17.8. The molecule has 25 heavy (non-hydrogen) atoms. The lowest BCUT2D eigenvalue weighted by molar-refractivity contribution is 0.0951. The first-order chi connectivity index (χ1) is 12.0. The van der Waals surface area contributed by atoms with Gasteiger partial charge in [-0.1, -0.05) is 48.0 Å². The number of hydrogen-bond donors (Lipinski definition) is 3. The molecule has 3 aromatic carbocycles. The van der Waals surface area contributed by atoms with Crippen molar-refractivity contribution < 1.29 is 4.79 Å². The molecule has 5 N–H and O–H groups in total. The van der Waals surface area contributed by atoms with Gasteiger partial charge in [0.25, 0.3) is 5.91 Å². The molecular weight excluding hydrogens is 310 g/mol. The molecular formula is C21H21N3O. The summed E-state index contributed by atoms with van der Waals surface area (Å²) in [6, 6.07) is 21.1. The van der Waals surface area contributed by atoms with E-state index in [9.17, 15) is 4.79 Å². The molecule has 3 aromatic rings. The van der Waals surface area contributed by atoms with Crippen LogP contribution in [0.15, 0.2) is 66.7 Å². The topological polar surface area (TPSA) is 81.1 Å². The standard InChI is InChI=1S/C21H21N3O/c1-14-5-7-15(8-6-14)13-24-21(25)18-4-2-3-16(11-18)17-9-10-19(22)20(23)12-17/h2-12H,13,22-23H2,1H3,(H,24,25). The van der Waals surface area contributed by atoms with E-state index in [4.69, 9.17) is 11.5 Å². The highest BCUT2D eigenvalue weighted by Crippen LogP contribution is 2.25. The summed E-state index contributed by atoms with van der Waals surface area (Å²) < 4.78 is 0. The minimum atomic E-state index is -0.106. The number of amides is 1. The van der Waals surface area contributed by atoms with Crippen LogP contribution >= 0.6 is 0 Å². The number of nitrogens with one attached hydrogen (secondary N) is 1. The van der Waals surface area contributed by atoms with Crippen molar-refractivity contribution >= 4 is 17.3 Å². The third-order valence-electron chi connectivity index (χ3n) is 4.12. The molecule has 1 amide bonds. The molecule has 0 aliphatic rings. The molecule has 0 aromatic heterocycles. The van der Waals surface area contributed by atoms with Crippen LogP contribution in [0, 0.1) is 6.92 Å². The quantitative estimate of drug-likeness (QED) is 0.637. The first-order valence-corrected chi connectivity index (χ1v) is 8.12. The highest BCUT2D eigenvalue weighted by molar-refractivity contribution is 5.95. The number of nitrogens with two attached hydrogens (primary N) is 2. The van der Waals surface area contributed by atoms with Crippen LogP contribution in [0.2, 0.25) is 0 Å². The van der Waals surface area contributed by atoms with Crippen molar-refractivity contribution in [3.63, 3.8) is 0 Å². The zero-order valence-electron chi connectivity index (χ0n) is 14.1. The zero-order valence-corrected chi connectivity index (χ0v) is 14.1. The minimum absolute atomic E-state index is 0.106. The highest BCUT2D eigenvalue weighted by Gasteiger charge is 2.08. The van der Waals surface area contributed by atoms with E-state index >= 15 is 0 Å². The van der Waals surface area contributed by atoms with E-state index in [0.717, 1.165) is 16.7 Å². The van der Waals surface area contributed by atoms with Crippen LogP contribution in [-0.4, -0.2) is 5.91 Å². The molecule has 4 heteroatoms. The van der Waals surface area contributed by atoms with E-state index in [1.165, 1.54) is 5.56 Å². The third-order valence-corrected chi connectivity index (χ3v) is 4.12. The molecule has 0 fully saturated rings. The van der Waals surface area contributed by atoms with Crippen LogP contribution < -0.4 is 16.8 Å². The molecule has 0 saturated heterocycles. The van der Waals surface area contributed by atoms with Crippen molar-refractivity contribution in [1.82, 2.24) is 5.32 Å². The van der Waals surface area contributed by atoms with Gasteiger partial charge in [0, 0.05) is 12.1 Å². The van der Waals surface area contributed by atoms with E-state index < -0.39 is 0 Å². The number of anilines is 2. The van der Waals surface area contributed by atoms with Gasteiger partial charge in [0.15, 0.2) is 0 Å². The summed E-state index contributed by atoms with van der Waals surface area (Å²) in [4.78, 5) is 12.4. The molecule has 0 spiro atoms. The van der Waals surface area contributed by atoms with Crippen molar-refractivity contribution in [2.45, 2.75) is 13.5 Å². The maximum Gasteiger partial charge on any atom is 0.251 e. The highest BCUT2D eigenvalue weighted by atomic mass is 16.1. The Kier molecular flexibility index (Phi) is 4.70. The maximum atomic E-state index is 12.4. The maximum absolute atomic E-state index is 12.4. The average molecular weight is 331 g/mol. The number of aryl methyl sites for hydroxylation is 1. The molecule has 0 heterocycles. The molecule has 0 aliphatic heterocycles. The smallest absolute Gasteiger partial charge is 0.251 e. The average Bonchev–Trinajstić information content (AvgIpc) is 2.63. The second-order valence-corrected chi connectivity index (χ2v) is 6.09. The first kappa shape index (κ1) is 16.6. The molecule has 0 radical (unpaired) electrons. The number of carbonyl (C=O) groups excluding carboxylic acids is 1. The van der Waals surface area contributed by atoms with Gasteiger partial charge in [0.2, 0.25) is 0 Å². The van der Waals surface area contributed by atoms with Crippen LogP contribution in [0.5, 0.6) is 0 Å². The third kappa shape index (κ3) is 3.98. The number of carbonyl (C=O) groups is 1. The normalized spacial score (nSPS) is 10.4. The number of hydrogen-bond acceptors (Lipinski definition) is 3. The van der Waals surface area contributed by atoms with Gasteiger partial charge < -0.3 is 16.8 Å². The lowest BCUT2D eigenvalue weighted by Crippen LogP contribution is -2.22. The van der Waals surface area contributed by atoms with Gasteiger partial charge >= 0.3 is 0 Å². The first-order valence-electron chi connectivity index (χ1n) is 8.12. The summed E-state index contributed by atoms with van der Waals surface area (Å²) >= 11 is 0. The van der Waals surface area contributed by atoms with Gasteiger partial charge in [0.05, 0.1) is 11.4 Å². The molecule has 4 nitrogen and oxygen atoms in total. The minimum Gasteiger partial charge on any atom is -0.397 e. The summed E-state index contributed by atoms with van der Waals surface area (Å²) in [6.07, 6.45) is 0. The van der Waals surface area contributed by atoms with Crippen molar-refractivity contribution in [3.8, 4) is 11.1 Å². The summed E-state index contributed by atoms with van der Waals surface area (Å²) in [6.45, 7) is 2.54. The Morgan fingerprint density at radius 3 is 2.32 bits per heavy atom. The largest absolute Gasteiger partial charge is 0.397 e. The van der Waals surface area contributed by atoms with E-state index in [1.807, 2.05) is 61.5 Å². The fraction of sp³-hybridized carbons (Fsp3) is 0.0952. The summed E-state index contributed by atoms with van der Waals surface area (Å²) in [7, 11) is 0. The summed E-state index contributed by atoms with van der Waals surface area (Å²) in [5.74, 6) is -0.106. The van der Waals surface area contributed by atoms with Crippen LogP contribution in [0.3, 0.4) is 0 Å². The Bertz CT molecular complexity index is 901. The lowest BCUT2D eigenvalue weighted by Gasteiger charge is -2.09. The fourth-order valence-electron chi connectivity index (χ4n) is 2.58.